The highest BCUT2D eigenvalue weighted by atomic mass is 16.5. The molecule has 0 bridgehead atoms. The number of allylic oxidation sites excluding steroid dienone is 6. The van der Waals surface area contributed by atoms with Crippen LogP contribution in [-0.2, 0) is 14.3 Å². The molecule has 3 N–H and O–H groups in total. The number of aliphatic hydroxyl groups excluding tert-OH is 2. The number of hydrogen-bond acceptors (Lipinski definition) is 5. The fourth-order valence-electron chi connectivity index (χ4n) is 9.25. The molecule has 0 aliphatic heterocycles. The lowest BCUT2D eigenvalue weighted by Gasteiger charge is -2.22. The van der Waals surface area contributed by atoms with Gasteiger partial charge >= 0.3 is 5.97 Å². The Morgan fingerprint density at radius 1 is 0.412 bits per heavy atom. The van der Waals surface area contributed by atoms with Crippen LogP contribution in [0.3, 0.4) is 0 Å². The standard InChI is InChI=1S/C62H117NO5/c1-3-5-7-9-11-13-15-17-19-21-23-24-25-26-27-29-31-34-38-42-46-50-54-60(65)59(58-64)63-61(66)55-51-47-43-39-35-33-37-41-45-49-53-57-68-62(67)56-52-48-44-40-36-32-30-28-22-20-18-16-14-12-10-8-6-4-2/h14,16,20,22,37,41,59-60,64-65H,3-13,15,17-19,21,23-36,38-40,42-58H2,1-2H3,(H,63,66)/b16-14-,22-20-,41-37-. The Morgan fingerprint density at radius 2 is 0.735 bits per heavy atom. The zero-order valence-electron chi connectivity index (χ0n) is 45.6. The van der Waals surface area contributed by atoms with Gasteiger partial charge in [-0.15, -0.1) is 0 Å². The van der Waals surface area contributed by atoms with Crippen LogP contribution in [0.2, 0.25) is 0 Å². The molecule has 400 valence electrons. The first-order chi connectivity index (χ1) is 33.5. The molecule has 0 aromatic rings. The Morgan fingerprint density at radius 3 is 1.15 bits per heavy atom. The van der Waals surface area contributed by atoms with Gasteiger partial charge in [-0.05, 0) is 83.5 Å². The van der Waals surface area contributed by atoms with E-state index in [1.54, 1.807) is 0 Å². The van der Waals surface area contributed by atoms with Crippen LogP contribution in [-0.4, -0.2) is 47.4 Å². The molecule has 0 fully saturated rings. The summed E-state index contributed by atoms with van der Waals surface area (Å²) in [6.45, 7) is 4.87. The highest BCUT2D eigenvalue weighted by Crippen LogP contribution is 2.17. The minimum absolute atomic E-state index is 0.0379. The summed E-state index contributed by atoms with van der Waals surface area (Å²) in [5.41, 5.74) is 0. The largest absolute Gasteiger partial charge is 0.466 e. The highest BCUT2D eigenvalue weighted by molar-refractivity contribution is 5.76. The number of unbranched alkanes of at least 4 members (excludes halogenated alkanes) is 39. The molecule has 0 aliphatic carbocycles. The number of amides is 1. The predicted molar refractivity (Wildman–Crippen MR) is 296 cm³/mol. The number of carbonyl (C=O) groups is 2. The summed E-state index contributed by atoms with van der Waals surface area (Å²) >= 11 is 0. The van der Waals surface area contributed by atoms with Gasteiger partial charge in [0.2, 0.25) is 5.91 Å². The third kappa shape index (κ3) is 53.4. The third-order valence-electron chi connectivity index (χ3n) is 13.9. The van der Waals surface area contributed by atoms with Crippen LogP contribution in [0.1, 0.15) is 322 Å². The molecule has 0 aromatic carbocycles. The second-order valence-electron chi connectivity index (χ2n) is 20.7. The van der Waals surface area contributed by atoms with Crippen molar-refractivity contribution in [2.45, 2.75) is 334 Å². The molecule has 0 aliphatic rings. The molecule has 0 saturated heterocycles. The second-order valence-corrected chi connectivity index (χ2v) is 20.7. The van der Waals surface area contributed by atoms with E-state index in [1.165, 1.54) is 199 Å². The Labute approximate surface area is 424 Å². The summed E-state index contributed by atoms with van der Waals surface area (Å²) in [6, 6.07) is -0.565. The first-order valence-electron chi connectivity index (χ1n) is 30.2. The highest BCUT2D eigenvalue weighted by Gasteiger charge is 2.20. The number of ether oxygens (including phenoxy) is 1. The molecule has 6 nitrogen and oxygen atoms in total. The second kappa shape index (κ2) is 57.7. The van der Waals surface area contributed by atoms with Crippen molar-refractivity contribution in [1.82, 2.24) is 5.32 Å². The maximum atomic E-state index is 12.5. The third-order valence-corrected chi connectivity index (χ3v) is 13.9. The lowest BCUT2D eigenvalue weighted by Crippen LogP contribution is -2.45. The van der Waals surface area contributed by atoms with E-state index in [1.807, 2.05) is 0 Å². The summed E-state index contributed by atoms with van der Waals surface area (Å²) in [5.74, 6) is -0.100. The van der Waals surface area contributed by atoms with Crippen LogP contribution in [0.25, 0.3) is 0 Å². The Hall–Kier alpha value is -1.92. The predicted octanol–water partition coefficient (Wildman–Crippen LogP) is 18.8. The molecule has 68 heavy (non-hydrogen) atoms. The van der Waals surface area contributed by atoms with Gasteiger partial charge < -0.3 is 20.3 Å². The number of aliphatic hydroxyl groups is 2. The minimum Gasteiger partial charge on any atom is -0.466 e. The average Bonchev–Trinajstić information content (AvgIpc) is 3.34. The number of rotatable bonds is 56. The minimum atomic E-state index is -0.685. The van der Waals surface area contributed by atoms with Crippen molar-refractivity contribution >= 4 is 11.9 Å². The van der Waals surface area contributed by atoms with E-state index in [9.17, 15) is 19.8 Å². The van der Waals surface area contributed by atoms with Gasteiger partial charge in [0.15, 0.2) is 0 Å². The summed E-state index contributed by atoms with van der Waals surface area (Å²) in [7, 11) is 0. The van der Waals surface area contributed by atoms with E-state index in [-0.39, 0.29) is 18.5 Å². The van der Waals surface area contributed by atoms with Gasteiger partial charge in [0.25, 0.3) is 0 Å². The molecule has 0 radical (unpaired) electrons. The van der Waals surface area contributed by atoms with Crippen LogP contribution in [0.15, 0.2) is 36.5 Å². The average molecular weight is 957 g/mol. The summed E-state index contributed by atoms with van der Waals surface area (Å²) in [4.78, 5) is 24.6. The summed E-state index contributed by atoms with van der Waals surface area (Å²) in [5, 5.41) is 23.3. The Kier molecular flexibility index (Phi) is 56.0. The van der Waals surface area contributed by atoms with Crippen LogP contribution < -0.4 is 5.32 Å². The van der Waals surface area contributed by atoms with E-state index in [4.69, 9.17) is 4.74 Å². The van der Waals surface area contributed by atoms with Crippen molar-refractivity contribution in [3.8, 4) is 0 Å². The molecule has 0 rings (SSSR count). The van der Waals surface area contributed by atoms with Crippen LogP contribution in [0.4, 0.5) is 0 Å². The summed E-state index contributed by atoms with van der Waals surface area (Å²) < 4.78 is 5.45. The molecular formula is C62H117NO5. The van der Waals surface area contributed by atoms with Crippen molar-refractivity contribution in [3.63, 3.8) is 0 Å². The maximum Gasteiger partial charge on any atom is 0.305 e. The fourth-order valence-corrected chi connectivity index (χ4v) is 9.25. The van der Waals surface area contributed by atoms with Crippen molar-refractivity contribution in [2.24, 2.45) is 0 Å². The van der Waals surface area contributed by atoms with Crippen LogP contribution in [0, 0.1) is 0 Å². The van der Waals surface area contributed by atoms with Gasteiger partial charge in [-0.25, -0.2) is 0 Å². The van der Waals surface area contributed by atoms with Gasteiger partial charge in [0.1, 0.15) is 0 Å². The van der Waals surface area contributed by atoms with Gasteiger partial charge in [0, 0.05) is 12.8 Å². The summed E-state index contributed by atoms with van der Waals surface area (Å²) in [6.07, 6.45) is 71.4. The fraction of sp³-hybridized carbons (Fsp3) is 0.871. The van der Waals surface area contributed by atoms with Crippen LogP contribution >= 0.6 is 0 Å². The molecule has 6 heteroatoms. The maximum absolute atomic E-state index is 12.5. The van der Waals surface area contributed by atoms with E-state index in [0.717, 1.165) is 89.9 Å². The SMILES string of the molecule is CCCCCC/C=C\C/C=C\CCCCCCCCCC(=O)OCCCC/C=C\CCCCCCCC(=O)NC(CO)C(O)CCCCCCCCCCCCCCCCCCCCCCCC. The van der Waals surface area contributed by atoms with Gasteiger partial charge in [0.05, 0.1) is 25.4 Å². The smallest absolute Gasteiger partial charge is 0.305 e. The molecule has 0 aromatic heterocycles. The molecule has 1 amide bonds. The first kappa shape index (κ1) is 66.1. The zero-order chi connectivity index (χ0) is 49.3. The zero-order valence-corrected chi connectivity index (χ0v) is 45.6. The topological polar surface area (TPSA) is 95.9 Å². The Bertz CT molecular complexity index is 1100. The quantitative estimate of drug-likeness (QED) is 0.0321. The molecule has 2 unspecified atom stereocenters. The first-order valence-corrected chi connectivity index (χ1v) is 30.2. The molecular weight excluding hydrogens is 839 g/mol. The lowest BCUT2D eigenvalue weighted by atomic mass is 10.0. The van der Waals surface area contributed by atoms with E-state index in [0.29, 0.717) is 25.9 Å². The van der Waals surface area contributed by atoms with Gasteiger partial charge in [-0.2, -0.15) is 0 Å². The Balaban J connectivity index is 3.50. The number of hydrogen-bond donors (Lipinski definition) is 3. The molecule has 0 saturated carbocycles. The normalized spacial score (nSPS) is 12.8. The van der Waals surface area contributed by atoms with Gasteiger partial charge in [-0.3, -0.25) is 9.59 Å². The van der Waals surface area contributed by atoms with Crippen molar-refractivity contribution in [3.05, 3.63) is 36.5 Å². The number of carbonyl (C=O) groups excluding carboxylic acids is 2. The molecule has 0 heterocycles. The lowest BCUT2D eigenvalue weighted by molar-refractivity contribution is -0.143. The number of nitrogens with one attached hydrogen (secondary N) is 1. The van der Waals surface area contributed by atoms with Crippen molar-refractivity contribution < 1.29 is 24.5 Å². The van der Waals surface area contributed by atoms with Crippen molar-refractivity contribution in [1.29, 1.82) is 0 Å². The van der Waals surface area contributed by atoms with E-state index in [2.05, 4.69) is 55.6 Å². The van der Waals surface area contributed by atoms with E-state index >= 15 is 0 Å². The molecule has 2 atom stereocenters. The number of esters is 1. The monoisotopic (exact) mass is 956 g/mol. The molecule has 0 spiro atoms. The van der Waals surface area contributed by atoms with Crippen LogP contribution in [0.5, 0.6) is 0 Å². The van der Waals surface area contributed by atoms with Crippen molar-refractivity contribution in [2.75, 3.05) is 13.2 Å². The van der Waals surface area contributed by atoms with E-state index < -0.39 is 12.1 Å². The van der Waals surface area contributed by atoms with Gasteiger partial charge in [-0.1, -0.05) is 262 Å².